The Morgan fingerprint density at radius 3 is 2.70 bits per heavy atom. The number of rotatable bonds is 10. The summed E-state index contributed by atoms with van der Waals surface area (Å²) in [4.78, 5) is 37.4. The molecule has 1 aliphatic heterocycles. The zero-order valence-corrected chi connectivity index (χ0v) is 21.3. The maximum atomic E-state index is 12.8. The van der Waals surface area contributed by atoms with Gasteiger partial charge in [-0.1, -0.05) is 6.07 Å². The van der Waals surface area contributed by atoms with Crippen LogP contribution in [0.25, 0.3) is 11.0 Å². The number of hydrogen-bond acceptors (Lipinski definition) is 8. The molecule has 9 nitrogen and oxygen atoms in total. The minimum atomic E-state index is -0.429. The van der Waals surface area contributed by atoms with Gasteiger partial charge in [0.25, 0.3) is 5.91 Å². The molecule has 196 valence electrons. The summed E-state index contributed by atoms with van der Waals surface area (Å²) in [5, 5.41) is 0.816. The fraction of sp³-hybridized carbons (Fsp3) is 0.393. The normalized spacial score (nSPS) is 15.4. The second-order valence-electron chi connectivity index (χ2n) is 9.03. The van der Waals surface area contributed by atoms with Crippen LogP contribution in [0.3, 0.4) is 0 Å². The van der Waals surface area contributed by atoms with Gasteiger partial charge in [0.1, 0.15) is 29.8 Å². The SMILES string of the molecule is COc1cc(CCC(C)=O)ccc1OCC1CN(C(=O)COc2ccc3c(C)cc(=O)oc3c2)CCO1. The molecule has 1 fully saturated rings. The highest BCUT2D eigenvalue weighted by Gasteiger charge is 2.25. The van der Waals surface area contributed by atoms with Gasteiger partial charge in [-0.05, 0) is 55.7 Å². The van der Waals surface area contributed by atoms with Gasteiger partial charge in [0.2, 0.25) is 0 Å². The number of morpholine rings is 1. The fourth-order valence-electron chi connectivity index (χ4n) is 4.17. The third-order valence-corrected chi connectivity index (χ3v) is 6.20. The largest absolute Gasteiger partial charge is 0.493 e. The first-order valence-corrected chi connectivity index (χ1v) is 12.2. The van der Waals surface area contributed by atoms with E-state index >= 15 is 0 Å². The molecule has 3 aromatic rings. The van der Waals surface area contributed by atoms with Crippen LogP contribution in [0.2, 0.25) is 0 Å². The van der Waals surface area contributed by atoms with Gasteiger partial charge < -0.3 is 33.1 Å². The summed E-state index contributed by atoms with van der Waals surface area (Å²) in [6.07, 6.45) is 0.811. The lowest BCUT2D eigenvalue weighted by molar-refractivity contribution is -0.142. The van der Waals surface area contributed by atoms with E-state index in [1.165, 1.54) is 6.07 Å². The first kappa shape index (κ1) is 26.2. The molecule has 1 unspecified atom stereocenters. The number of ether oxygens (including phenoxy) is 4. The number of ketones is 1. The summed E-state index contributed by atoms with van der Waals surface area (Å²) in [5.41, 5.74) is 1.80. The molecule has 0 bridgehead atoms. The Labute approximate surface area is 214 Å². The summed E-state index contributed by atoms with van der Waals surface area (Å²) in [7, 11) is 1.57. The molecule has 1 amide bonds. The quantitative estimate of drug-likeness (QED) is 0.384. The molecular weight excluding hydrogens is 478 g/mol. The van der Waals surface area contributed by atoms with Gasteiger partial charge in [0, 0.05) is 30.5 Å². The second kappa shape index (κ2) is 11.9. The van der Waals surface area contributed by atoms with Crippen LogP contribution in [0.1, 0.15) is 24.5 Å². The van der Waals surface area contributed by atoms with E-state index in [-0.39, 0.29) is 31.0 Å². The van der Waals surface area contributed by atoms with E-state index in [4.69, 9.17) is 23.4 Å². The minimum Gasteiger partial charge on any atom is -0.493 e. The van der Waals surface area contributed by atoms with Gasteiger partial charge >= 0.3 is 5.63 Å². The number of Topliss-reactive ketones (excluding diaryl/α,β-unsaturated/α-hetero) is 1. The van der Waals surface area contributed by atoms with E-state index < -0.39 is 5.63 Å². The lowest BCUT2D eigenvalue weighted by Gasteiger charge is -2.32. The van der Waals surface area contributed by atoms with Crippen LogP contribution in [0.4, 0.5) is 0 Å². The molecule has 0 N–H and O–H groups in total. The maximum Gasteiger partial charge on any atom is 0.336 e. The molecule has 0 saturated carbocycles. The lowest BCUT2D eigenvalue weighted by Crippen LogP contribution is -2.49. The Bertz CT molecular complexity index is 1330. The highest BCUT2D eigenvalue weighted by Crippen LogP contribution is 2.29. The summed E-state index contributed by atoms with van der Waals surface area (Å²) < 4.78 is 28.1. The number of carbonyl (C=O) groups excluding carboxylic acids is 2. The van der Waals surface area contributed by atoms with Crippen molar-refractivity contribution in [2.75, 3.05) is 40.0 Å². The van der Waals surface area contributed by atoms with Crippen molar-refractivity contribution in [2.24, 2.45) is 0 Å². The van der Waals surface area contributed by atoms with Crippen LogP contribution >= 0.6 is 0 Å². The smallest absolute Gasteiger partial charge is 0.336 e. The zero-order chi connectivity index (χ0) is 26.4. The molecule has 37 heavy (non-hydrogen) atoms. The molecule has 1 aliphatic rings. The van der Waals surface area contributed by atoms with Gasteiger partial charge in [-0.25, -0.2) is 4.79 Å². The van der Waals surface area contributed by atoms with Gasteiger partial charge in [0.05, 0.1) is 20.3 Å². The number of aryl methyl sites for hydroxylation is 2. The Kier molecular flexibility index (Phi) is 8.45. The predicted octanol–water partition coefficient (Wildman–Crippen LogP) is 3.32. The molecule has 0 aliphatic carbocycles. The molecule has 2 heterocycles. The number of amides is 1. The van der Waals surface area contributed by atoms with Crippen molar-refractivity contribution >= 4 is 22.7 Å². The van der Waals surface area contributed by atoms with Crippen LogP contribution in [-0.4, -0.2) is 62.7 Å². The Balaban J connectivity index is 1.30. The Hall–Kier alpha value is -3.85. The van der Waals surface area contributed by atoms with Crippen molar-refractivity contribution < 1.29 is 33.0 Å². The lowest BCUT2D eigenvalue weighted by atomic mass is 10.1. The van der Waals surface area contributed by atoms with Crippen LogP contribution in [0, 0.1) is 6.92 Å². The Morgan fingerprint density at radius 2 is 1.92 bits per heavy atom. The third-order valence-electron chi connectivity index (χ3n) is 6.20. The standard InChI is InChI=1S/C28H31NO8/c1-18-12-28(32)37-25-14-21(7-8-23(18)25)35-17-27(31)29-10-11-34-22(15-29)16-36-24-9-6-20(5-4-19(2)30)13-26(24)33-3/h6-9,12-14,22H,4-5,10-11,15-17H2,1-3H3. The van der Waals surface area contributed by atoms with E-state index in [9.17, 15) is 14.4 Å². The number of nitrogens with zero attached hydrogens (tertiary/aromatic N) is 1. The van der Waals surface area contributed by atoms with Crippen LogP contribution in [0.15, 0.2) is 51.7 Å². The molecular formula is C28H31NO8. The van der Waals surface area contributed by atoms with E-state index in [1.54, 1.807) is 37.1 Å². The van der Waals surface area contributed by atoms with Gasteiger partial charge in [-0.3, -0.25) is 4.79 Å². The van der Waals surface area contributed by atoms with E-state index in [0.717, 1.165) is 16.5 Å². The average molecular weight is 510 g/mol. The average Bonchev–Trinajstić information content (AvgIpc) is 2.89. The summed E-state index contributed by atoms with van der Waals surface area (Å²) >= 11 is 0. The molecule has 1 atom stereocenters. The van der Waals surface area contributed by atoms with Crippen molar-refractivity contribution in [2.45, 2.75) is 32.8 Å². The van der Waals surface area contributed by atoms with Crippen molar-refractivity contribution in [1.29, 1.82) is 0 Å². The zero-order valence-electron chi connectivity index (χ0n) is 21.3. The monoisotopic (exact) mass is 509 g/mol. The molecule has 4 rings (SSSR count). The van der Waals surface area contributed by atoms with Gasteiger partial charge in [-0.15, -0.1) is 0 Å². The van der Waals surface area contributed by atoms with Crippen LogP contribution in [0.5, 0.6) is 17.2 Å². The van der Waals surface area contributed by atoms with Crippen LogP contribution in [-0.2, 0) is 20.7 Å². The number of methoxy groups -OCH3 is 1. The highest BCUT2D eigenvalue weighted by molar-refractivity contribution is 5.82. The number of fused-ring (bicyclic) bond motifs is 1. The summed E-state index contributed by atoms with van der Waals surface area (Å²) in [6.45, 7) is 4.72. The van der Waals surface area contributed by atoms with Crippen molar-refractivity contribution in [3.63, 3.8) is 0 Å². The van der Waals surface area contributed by atoms with E-state index in [1.807, 2.05) is 25.1 Å². The molecule has 0 radical (unpaired) electrons. The van der Waals surface area contributed by atoms with Crippen LogP contribution < -0.4 is 19.8 Å². The maximum absolute atomic E-state index is 12.8. The number of benzene rings is 2. The molecule has 0 spiro atoms. The number of carbonyl (C=O) groups is 2. The minimum absolute atomic E-state index is 0.138. The highest BCUT2D eigenvalue weighted by atomic mass is 16.5. The van der Waals surface area contributed by atoms with Gasteiger partial charge in [-0.2, -0.15) is 0 Å². The van der Waals surface area contributed by atoms with E-state index in [2.05, 4.69) is 0 Å². The molecule has 1 saturated heterocycles. The predicted molar refractivity (Wildman–Crippen MR) is 137 cm³/mol. The summed E-state index contributed by atoms with van der Waals surface area (Å²) in [6, 6.07) is 12.2. The molecule has 2 aromatic carbocycles. The first-order valence-electron chi connectivity index (χ1n) is 12.2. The second-order valence-corrected chi connectivity index (χ2v) is 9.03. The molecule has 9 heteroatoms. The third kappa shape index (κ3) is 6.89. The summed E-state index contributed by atoms with van der Waals surface area (Å²) in [5.74, 6) is 1.56. The number of hydrogen-bond donors (Lipinski definition) is 0. The molecule has 1 aromatic heterocycles. The van der Waals surface area contributed by atoms with Gasteiger partial charge in [0.15, 0.2) is 18.1 Å². The van der Waals surface area contributed by atoms with Crippen molar-refractivity contribution in [3.05, 3.63) is 64.0 Å². The van der Waals surface area contributed by atoms with Crippen molar-refractivity contribution in [3.8, 4) is 17.2 Å². The first-order chi connectivity index (χ1) is 17.8. The fourth-order valence-corrected chi connectivity index (χ4v) is 4.17. The Morgan fingerprint density at radius 1 is 1.08 bits per heavy atom. The van der Waals surface area contributed by atoms with Crippen molar-refractivity contribution in [1.82, 2.24) is 4.90 Å². The topological polar surface area (TPSA) is 105 Å². The van der Waals surface area contributed by atoms with E-state index in [0.29, 0.717) is 55.4 Å².